The van der Waals surface area contributed by atoms with Crippen LogP contribution in [0.5, 0.6) is 0 Å². The van der Waals surface area contributed by atoms with Gasteiger partial charge in [0.25, 0.3) is 0 Å². The molecule has 0 N–H and O–H groups in total. The average molecular weight is 360 g/mol. The molecule has 3 fully saturated rings. The number of carbonyl (C=O) groups excluding carboxylic acids is 1. The number of carbonyl (C=O) groups is 1. The molecule has 3 unspecified atom stereocenters. The second-order valence-electron chi connectivity index (χ2n) is 8.85. The highest BCUT2D eigenvalue weighted by atomic mass is 16.6. The van der Waals surface area contributed by atoms with E-state index in [2.05, 4.69) is 27.4 Å². The lowest BCUT2D eigenvalue weighted by Crippen LogP contribution is -2.73. The van der Waals surface area contributed by atoms with Gasteiger partial charge in [-0.3, -0.25) is 4.79 Å². The van der Waals surface area contributed by atoms with Gasteiger partial charge in [-0.05, 0) is 63.0 Å². The minimum Gasteiger partial charge on any atom is -0.448 e. The first-order valence-corrected chi connectivity index (χ1v) is 10.2. The van der Waals surface area contributed by atoms with Crippen LogP contribution in [0, 0.1) is 17.3 Å². The topological polar surface area (TPSA) is 44.8 Å². The van der Waals surface area contributed by atoms with E-state index in [1.165, 1.54) is 16.7 Å². The van der Waals surface area contributed by atoms with E-state index in [1.54, 1.807) is 0 Å². The van der Waals surface area contributed by atoms with Gasteiger partial charge in [-0.2, -0.15) is 0 Å². The number of hydrogen-bond donors (Lipinski definition) is 0. The first kappa shape index (κ1) is 18.2. The van der Waals surface area contributed by atoms with Crippen LogP contribution in [0.2, 0.25) is 0 Å². The predicted octanol–water partition coefficient (Wildman–Crippen LogP) is 4.19. The number of esters is 1. The van der Waals surface area contributed by atoms with Crippen LogP contribution in [-0.2, 0) is 19.0 Å². The summed E-state index contributed by atoms with van der Waals surface area (Å²) in [4.78, 5) is 12.8. The number of ether oxygens (including phenoxy) is 3. The molecule has 2 bridgehead atoms. The Morgan fingerprint density at radius 3 is 2.69 bits per heavy atom. The summed E-state index contributed by atoms with van der Waals surface area (Å²) in [6, 6.07) is 0. The van der Waals surface area contributed by atoms with E-state index in [0.717, 1.165) is 19.3 Å². The molecule has 4 nitrogen and oxygen atoms in total. The van der Waals surface area contributed by atoms with Gasteiger partial charge in [0, 0.05) is 18.6 Å². The first-order chi connectivity index (χ1) is 12.3. The molecule has 2 saturated carbocycles. The normalized spacial score (nSPS) is 47.0. The summed E-state index contributed by atoms with van der Waals surface area (Å²) in [6.45, 7) is 16.2. The highest BCUT2D eigenvalue weighted by molar-refractivity contribution is 5.77. The van der Waals surface area contributed by atoms with E-state index in [9.17, 15) is 4.79 Å². The van der Waals surface area contributed by atoms with Gasteiger partial charge in [-0.1, -0.05) is 26.0 Å². The summed E-state index contributed by atoms with van der Waals surface area (Å²) in [5.74, 6) is 0.454. The van der Waals surface area contributed by atoms with Gasteiger partial charge in [0.15, 0.2) is 5.60 Å². The maximum Gasteiger partial charge on any atom is 0.307 e. The van der Waals surface area contributed by atoms with Gasteiger partial charge in [0.05, 0.1) is 6.42 Å². The van der Waals surface area contributed by atoms with E-state index < -0.39 is 11.2 Å². The van der Waals surface area contributed by atoms with Gasteiger partial charge in [0.2, 0.25) is 0 Å². The summed E-state index contributed by atoms with van der Waals surface area (Å²) in [6.07, 6.45) is 3.08. The molecule has 3 aliphatic carbocycles. The third-order valence-corrected chi connectivity index (χ3v) is 7.82. The van der Waals surface area contributed by atoms with Crippen LogP contribution in [-0.4, -0.2) is 36.5 Å². The monoisotopic (exact) mass is 360 g/mol. The molecule has 0 aromatic heterocycles. The highest BCUT2D eigenvalue weighted by Gasteiger charge is 2.82. The van der Waals surface area contributed by atoms with Crippen molar-refractivity contribution in [2.24, 2.45) is 17.3 Å². The molecule has 0 amide bonds. The van der Waals surface area contributed by atoms with Crippen molar-refractivity contribution in [3.63, 3.8) is 0 Å². The Morgan fingerprint density at radius 2 is 2.04 bits per heavy atom. The van der Waals surface area contributed by atoms with E-state index in [0.29, 0.717) is 25.6 Å². The Morgan fingerprint density at radius 1 is 1.31 bits per heavy atom. The second-order valence-corrected chi connectivity index (χ2v) is 8.85. The van der Waals surface area contributed by atoms with E-state index in [-0.39, 0.29) is 23.4 Å². The average Bonchev–Trinajstić information content (AvgIpc) is 2.92. The lowest BCUT2D eigenvalue weighted by Gasteiger charge is -2.61. The second kappa shape index (κ2) is 5.68. The van der Waals surface area contributed by atoms with Gasteiger partial charge < -0.3 is 14.2 Å². The van der Waals surface area contributed by atoms with Gasteiger partial charge >= 0.3 is 5.97 Å². The van der Waals surface area contributed by atoms with Crippen molar-refractivity contribution in [1.29, 1.82) is 0 Å². The molecule has 4 aliphatic rings. The van der Waals surface area contributed by atoms with Crippen LogP contribution in [0.3, 0.4) is 0 Å². The summed E-state index contributed by atoms with van der Waals surface area (Å²) in [5.41, 5.74) is 2.04. The maximum atomic E-state index is 12.8. The standard InChI is InChI=1S/C22H32O4/c1-7-24-19-13(3)9-10-21(25-8-2)20(6)12-17(23)26-22(19,21)18-15(5)14(4)11-16(18)20/h13,16,19H,4,7-12H2,1-3,5-6H3/t13?,16-,19?,20-,21+,22?/m1/s1. The van der Waals surface area contributed by atoms with Crippen molar-refractivity contribution in [3.8, 4) is 0 Å². The lowest BCUT2D eigenvalue weighted by molar-refractivity contribution is -0.295. The molecule has 144 valence electrons. The summed E-state index contributed by atoms with van der Waals surface area (Å²) in [5, 5.41) is 0. The first-order valence-electron chi connectivity index (χ1n) is 10.2. The van der Waals surface area contributed by atoms with E-state index in [1.807, 2.05) is 13.8 Å². The van der Waals surface area contributed by atoms with Gasteiger partial charge in [-0.15, -0.1) is 0 Å². The minimum atomic E-state index is -0.811. The number of allylic oxidation sites excluding steroid dienone is 2. The van der Waals surface area contributed by atoms with Crippen LogP contribution in [0.4, 0.5) is 0 Å². The molecule has 26 heavy (non-hydrogen) atoms. The van der Waals surface area contributed by atoms with Crippen molar-refractivity contribution in [1.82, 2.24) is 0 Å². The predicted molar refractivity (Wildman–Crippen MR) is 99.7 cm³/mol. The molecule has 6 atom stereocenters. The Hall–Kier alpha value is -1.13. The molecule has 0 aromatic rings. The molecule has 4 rings (SSSR count). The van der Waals surface area contributed by atoms with Crippen molar-refractivity contribution in [2.45, 2.75) is 77.6 Å². The van der Waals surface area contributed by atoms with Crippen LogP contribution in [0.25, 0.3) is 0 Å². The van der Waals surface area contributed by atoms with Crippen LogP contribution in [0.1, 0.15) is 60.3 Å². The molecule has 1 heterocycles. The molecule has 0 aromatic carbocycles. The largest absolute Gasteiger partial charge is 0.448 e. The molecule has 1 aliphatic heterocycles. The summed E-state index contributed by atoms with van der Waals surface area (Å²) < 4.78 is 19.3. The Labute approximate surface area is 157 Å². The molecule has 4 heteroatoms. The van der Waals surface area contributed by atoms with E-state index >= 15 is 0 Å². The molecule has 1 saturated heterocycles. The van der Waals surface area contributed by atoms with Gasteiger partial charge in [0.1, 0.15) is 11.7 Å². The number of hydrogen-bond acceptors (Lipinski definition) is 4. The summed E-state index contributed by atoms with van der Waals surface area (Å²) >= 11 is 0. The third-order valence-electron chi connectivity index (χ3n) is 7.82. The molecular weight excluding hydrogens is 328 g/mol. The maximum absolute atomic E-state index is 12.8. The quantitative estimate of drug-likeness (QED) is 0.705. The molecule has 0 spiro atoms. The summed E-state index contributed by atoms with van der Waals surface area (Å²) in [7, 11) is 0. The van der Waals surface area contributed by atoms with Crippen molar-refractivity contribution >= 4 is 5.97 Å². The minimum absolute atomic E-state index is 0.109. The van der Waals surface area contributed by atoms with Gasteiger partial charge in [-0.25, -0.2) is 0 Å². The fraction of sp³-hybridized carbons (Fsp3) is 0.773. The molecular formula is C22H32O4. The lowest BCUT2D eigenvalue weighted by atomic mass is 9.56. The smallest absolute Gasteiger partial charge is 0.307 e. The Balaban J connectivity index is 2.05. The number of rotatable bonds is 4. The zero-order valence-electron chi connectivity index (χ0n) is 16.8. The third kappa shape index (κ3) is 1.80. The Bertz CT molecular complexity index is 694. The Kier molecular flexibility index (Phi) is 3.99. The van der Waals surface area contributed by atoms with Crippen molar-refractivity contribution in [2.75, 3.05) is 13.2 Å². The van der Waals surface area contributed by atoms with Crippen LogP contribution < -0.4 is 0 Å². The van der Waals surface area contributed by atoms with Crippen molar-refractivity contribution in [3.05, 3.63) is 23.3 Å². The van der Waals surface area contributed by atoms with Crippen LogP contribution in [0.15, 0.2) is 23.3 Å². The van der Waals surface area contributed by atoms with Crippen molar-refractivity contribution < 1.29 is 19.0 Å². The zero-order valence-corrected chi connectivity index (χ0v) is 16.8. The fourth-order valence-electron chi connectivity index (χ4n) is 6.82. The molecule has 0 radical (unpaired) electrons. The number of fused-ring (bicyclic) bond motifs is 2. The highest BCUT2D eigenvalue weighted by Crippen LogP contribution is 2.74. The van der Waals surface area contributed by atoms with Crippen LogP contribution >= 0.6 is 0 Å². The fourth-order valence-corrected chi connectivity index (χ4v) is 6.82. The van der Waals surface area contributed by atoms with E-state index in [4.69, 9.17) is 14.2 Å². The SMILES string of the molecule is C=C1C[C@@H]2C(=C1C)C13OC(=O)C[C@@]2(C)[C@@]1(OCC)CCC(C)C3OCC. The zero-order chi connectivity index (χ0) is 18.9.